The zero-order valence-corrected chi connectivity index (χ0v) is 22.6. The Labute approximate surface area is 231 Å². The van der Waals surface area contributed by atoms with E-state index in [1.165, 1.54) is 10.6 Å². The predicted molar refractivity (Wildman–Crippen MR) is 148 cm³/mol. The number of ether oxygens (including phenoxy) is 2. The molecule has 0 radical (unpaired) electrons. The lowest BCUT2D eigenvalue weighted by Gasteiger charge is -2.40. The number of nitrogen functional groups attached to an aromatic ring is 1. The molecular weight excluding hydrogens is 517 g/mol. The Bertz CT molecular complexity index is 1420. The van der Waals surface area contributed by atoms with Crippen LogP contribution in [-0.2, 0) is 4.74 Å². The smallest absolute Gasteiger partial charge is 0.259 e. The van der Waals surface area contributed by atoms with Crippen LogP contribution in [0.15, 0.2) is 41.0 Å². The Morgan fingerprint density at radius 3 is 2.70 bits per heavy atom. The maximum atomic E-state index is 14.8. The lowest BCUT2D eigenvalue weighted by Crippen LogP contribution is -2.50. The van der Waals surface area contributed by atoms with Crippen molar-refractivity contribution in [2.75, 3.05) is 81.7 Å². The van der Waals surface area contributed by atoms with Crippen molar-refractivity contribution in [2.24, 2.45) is 5.92 Å². The number of hydrogen-bond acceptors (Lipinski definition) is 11. The first kappa shape index (κ1) is 26.3. The van der Waals surface area contributed by atoms with Crippen LogP contribution in [0.25, 0.3) is 17.4 Å². The summed E-state index contributed by atoms with van der Waals surface area (Å²) in [4.78, 5) is 20.5. The van der Waals surface area contributed by atoms with E-state index in [9.17, 15) is 4.39 Å². The molecule has 13 heteroatoms. The second-order valence-corrected chi connectivity index (χ2v) is 10.2. The lowest BCUT2D eigenvalue weighted by atomic mass is 9.97. The molecule has 212 valence electrons. The topological polar surface area (TPSA) is 123 Å². The molecule has 6 rings (SSSR count). The van der Waals surface area contributed by atoms with Crippen LogP contribution in [0.3, 0.4) is 0 Å². The molecule has 1 unspecified atom stereocenters. The van der Waals surface area contributed by atoms with Crippen molar-refractivity contribution in [1.29, 1.82) is 0 Å². The number of rotatable bonds is 9. The molecule has 2 fully saturated rings. The zero-order chi connectivity index (χ0) is 27.5. The van der Waals surface area contributed by atoms with Gasteiger partial charge in [0.25, 0.3) is 5.78 Å². The van der Waals surface area contributed by atoms with Gasteiger partial charge < -0.3 is 29.4 Å². The second kappa shape index (κ2) is 11.6. The number of nitrogens with two attached hydrogens (primary N) is 1. The number of methoxy groups -OCH3 is 1. The first-order chi connectivity index (χ1) is 19.6. The van der Waals surface area contributed by atoms with Crippen molar-refractivity contribution in [2.45, 2.75) is 12.8 Å². The minimum absolute atomic E-state index is 0.241. The molecule has 0 spiro atoms. The minimum atomic E-state index is -0.258. The summed E-state index contributed by atoms with van der Waals surface area (Å²) in [6.07, 6.45) is 3.76. The molecule has 1 atom stereocenters. The van der Waals surface area contributed by atoms with Gasteiger partial charge in [-0.15, -0.1) is 5.10 Å². The van der Waals surface area contributed by atoms with Crippen molar-refractivity contribution in [3.8, 4) is 17.3 Å². The van der Waals surface area contributed by atoms with Gasteiger partial charge in [-0.05, 0) is 43.0 Å². The zero-order valence-electron chi connectivity index (χ0n) is 22.6. The third-order valence-electron chi connectivity index (χ3n) is 7.47. The summed E-state index contributed by atoms with van der Waals surface area (Å²) in [6.45, 7) is 6.86. The van der Waals surface area contributed by atoms with Crippen molar-refractivity contribution < 1.29 is 18.3 Å². The fraction of sp³-hybridized carbons (Fsp3) is 0.481. The summed E-state index contributed by atoms with van der Waals surface area (Å²) in [5.74, 6) is 2.92. The van der Waals surface area contributed by atoms with E-state index in [4.69, 9.17) is 19.6 Å². The molecule has 12 nitrogen and oxygen atoms in total. The molecule has 2 N–H and O–H groups in total. The Morgan fingerprint density at radius 1 is 1.05 bits per heavy atom. The fourth-order valence-corrected chi connectivity index (χ4v) is 5.45. The van der Waals surface area contributed by atoms with Crippen molar-refractivity contribution >= 4 is 23.4 Å². The second-order valence-electron chi connectivity index (χ2n) is 10.2. The largest absolute Gasteiger partial charge is 0.491 e. The van der Waals surface area contributed by atoms with Gasteiger partial charge in [-0.3, -0.25) is 4.90 Å². The maximum absolute atomic E-state index is 14.8. The monoisotopic (exact) mass is 551 g/mol. The van der Waals surface area contributed by atoms with Crippen molar-refractivity contribution in [1.82, 2.24) is 29.5 Å². The van der Waals surface area contributed by atoms with Crippen LogP contribution < -0.4 is 20.3 Å². The van der Waals surface area contributed by atoms with E-state index in [0.29, 0.717) is 53.9 Å². The first-order valence-corrected chi connectivity index (χ1v) is 13.6. The number of halogens is 1. The highest BCUT2D eigenvalue weighted by molar-refractivity contribution is 5.53. The van der Waals surface area contributed by atoms with Gasteiger partial charge >= 0.3 is 0 Å². The van der Waals surface area contributed by atoms with Gasteiger partial charge in [0.2, 0.25) is 17.7 Å². The highest BCUT2D eigenvalue weighted by Crippen LogP contribution is 2.27. The number of furan rings is 1. The molecule has 4 aromatic rings. The molecule has 2 aliphatic rings. The Morgan fingerprint density at radius 2 is 1.93 bits per heavy atom. The SMILES string of the molecule is COCCOc1ccc(N2CCN(CC3CCCN(c4nc(N)n5nc(-c6ccco6)nc5n4)C3)CC2)c(F)c1. The molecule has 2 aliphatic heterocycles. The molecule has 0 amide bonds. The number of piperidine rings is 1. The first-order valence-electron chi connectivity index (χ1n) is 13.6. The maximum Gasteiger partial charge on any atom is 0.259 e. The number of piperazine rings is 1. The highest BCUT2D eigenvalue weighted by Gasteiger charge is 2.27. The molecule has 0 saturated carbocycles. The van der Waals surface area contributed by atoms with Crippen LogP contribution in [-0.4, -0.2) is 95.6 Å². The van der Waals surface area contributed by atoms with E-state index in [-0.39, 0.29) is 11.8 Å². The average molecular weight is 552 g/mol. The molecule has 1 aromatic carbocycles. The van der Waals surface area contributed by atoms with E-state index in [2.05, 4.69) is 34.8 Å². The van der Waals surface area contributed by atoms with E-state index in [1.54, 1.807) is 25.5 Å². The van der Waals surface area contributed by atoms with Crippen LogP contribution in [0.4, 0.5) is 22.0 Å². The fourth-order valence-electron chi connectivity index (χ4n) is 5.45. The summed E-state index contributed by atoms with van der Waals surface area (Å²) < 4.78 is 32.2. The van der Waals surface area contributed by atoms with E-state index in [0.717, 1.165) is 58.7 Å². The number of benzene rings is 1. The number of fused-ring (bicyclic) bond motifs is 1. The van der Waals surface area contributed by atoms with Crippen LogP contribution in [0.1, 0.15) is 12.8 Å². The molecule has 2 saturated heterocycles. The molecule has 5 heterocycles. The Kier molecular flexibility index (Phi) is 7.64. The number of nitrogens with zero attached hydrogens (tertiary/aromatic N) is 8. The summed E-state index contributed by atoms with van der Waals surface area (Å²) in [5.41, 5.74) is 6.84. The van der Waals surface area contributed by atoms with Gasteiger partial charge in [-0.2, -0.15) is 19.5 Å². The quantitative estimate of drug-likeness (QED) is 0.309. The van der Waals surface area contributed by atoms with Crippen LogP contribution in [0.2, 0.25) is 0 Å². The van der Waals surface area contributed by atoms with Gasteiger partial charge in [-0.1, -0.05) is 0 Å². The molecule has 3 aromatic heterocycles. The van der Waals surface area contributed by atoms with Crippen LogP contribution in [0.5, 0.6) is 5.75 Å². The summed E-state index contributed by atoms with van der Waals surface area (Å²) in [5, 5.41) is 4.38. The molecule has 0 aliphatic carbocycles. The van der Waals surface area contributed by atoms with Gasteiger partial charge in [0, 0.05) is 59.0 Å². The molecule has 0 bridgehead atoms. The highest BCUT2D eigenvalue weighted by atomic mass is 19.1. The van der Waals surface area contributed by atoms with E-state index in [1.807, 2.05) is 12.1 Å². The third kappa shape index (κ3) is 5.65. The summed E-state index contributed by atoms with van der Waals surface area (Å²) in [6, 6.07) is 8.66. The van der Waals surface area contributed by atoms with Gasteiger partial charge in [0.05, 0.1) is 18.6 Å². The van der Waals surface area contributed by atoms with Crippen LogP contribution in [0, 0.1) is 11.7 Å². The summed E-state index contributed by atoms with van der Waals surface area (Å²) >= 11 is 0. The number of anilines is 3. The number of hydrogen-bond donors (Lipinski definition) is 1. The lowest BCUT2D eigenvalue weighted by molar-refractivity contribution is 0.146. The van der Waals surface area contributed by atoms with Gasteiger partial charge in [-0.25, -0.2) is 4.39 Å². The summed E-state index contributed by atoms with van der Waals surface area (Å²) in [7, 11) is 1.61. The standard InChI is InChI=1S/C27H34FN9O3/c1-38-14-15-39-20-6-7-22(21(28)16-20)35-11-9-34(10-12-35)17-19-4-2-8-36(18-19)26-31-25(29)37-27(32-26)30-24(33-37)23-5-3-13-40-23/h3,5-7,13,16,19H,2,4,8-12,14-15,17-18H2,1H3,(H2,29,30,31,32,33). The van der Waals surface area contributed by atoms with Gasteiger partial charge in [0.15, 0.2) is 5.76 Å². The Hall–Kier alpha value is -3.97. The minimum Gasteiger partial charge on any atom is -0.491 e. The number of aromatic nitrogens is 5. The molecular formula is C27H34FN9O3. The predicted octanol–water partition coefficient (Wildman–Crippen LogP) is 2.56. The van der Waals surface area contributed by atoms with Crippen molar-refractivity contribution in [3.05, 3.63) is 42.4 Å². The van der Waals surface area contributed by atoms with E-state index >= 15 is 0 Å². The van der Waals surface area contributed by atoms with Crippen LogP contribution >= 0.6 is 0 Å². The average Bonchev–Trinajstić information content (AvgIpc) is 3.65. The van der Waals surface area contributed by atoms with Gasteiger partial charge in [0.1, 0.15) is 18.2 Å². The third-order valence-corrected chi connectivity index (χ3v) is 7.47. The normalized spacial score (nSPS) is 18.5. The van der Waals surface area contributed by atoms with Crippen molar-refractivity contribution in [3.63, 3.8) is 0 Å². The van der Waals surface area contributed by atoms with E-state index < -0.39 is 0 Å². The Balaban J connectivity index is 1.05. The molecule has 40 heavy (non-hydrogen) atoms.